The molecule has 0 amide bonds. The van der Waals surface area contributed by atoms with E-state index >= 15 is 0 Å². The molecule has 1 rings (SSSR count). The quantitative estimate of drug-likeness (QED) is 0.352. The number of nitrogens with one attached hydrogen (secondary N) is 1. The molecule has 20 heavy (non-hydrogen) atoms. The molecular weight excluding hydrogens is 365 g/mol. The van der Waals surface area contributed by atoms with E-state index in [0.29, 0.717) is 6.54 Å². The van der Waals surface area contributed by atoms with E-state index in [2.05, 4.69) is 34.8 Å². The van der Waals surface area contributed by atoms with E-state index in [-0.39, 0.29) is 24.0 Å². The van der Waals surface area contributed by atoms with Gasteiger partial charge in [-0.15, -0.1) is 30.6 Å². The Morgan fingerprint density at radius 2 is 2.15 bits per heavy atom. The van der Waals surface area contributed by atoms with Gasteiger partial charge in [-0.1, -0.05) is 24.3 Å². The van der Waals surface area contributed by atoms with Crippen LogP contribution in [-0.2, 0) is 6.54 Å². The molecule has 0 aromatic heterocycles. The first kappa shape index (κ1) is 18.8. The standard InChI is InChI=1S/C15H23N3O.HI/c1-5-11-17-15(16-6-2)18(3)12-13-9-7-8-10-14(13)19-4;/h5,7-10H,1,6,11-12H2,2-4H3,(H,16,17);1H. The van der Waals surface area contributed by atoms with Gasteiger partial charge < -0.3 is 15.0 Å². The third-order valence-electron chi connectivity index (χ3n) is 2.67. The Morgan fingerprint density at radius 3 is 2.75 bits per heavy atom. The van der Waals surface area contributed by atoms with Crippen LogP contribution in [0.15, 0.2) is 41.9 Å². The minimum atomic E-state index is 0. The maximum absolute atomic E-state index is 5.36. The lowest BCUT2D eigenvalue weighted by Crippen LogP contribution is -2.38. The molecule has 0 bridgehead atoms. The number of halogens is 1. The van der Waals surface area contributed by atoms with Crippen molar-refractivity contribution in [2.45, 2.75) is 13.5 Å². The van der Waals surface area contributed by atoms with Crippen molar-refractivity contribution in [2.24, 2.45) is 4.99 Å². The Kier molecular flexibility index (Phi) is 9.88. The van der Waals surface area contributed by atoms with Crippen molar-refractivity contribution < 1.29 is 4.74 Å². The Labute approximate surface area is 138 Å². The highest BCUT2D eigenvalue weighted by atomic mass is 127. The van der Waals surface area contributed by atoms with Crippen LogP contribution in [0.25, 0.3) is 0 Å². The second kappa shape index (κ2) is 10.5. The molecular formula is C15H24IN3O. The highest BCUT2D eigenvalue weighted by molar-refractivity contribution is 14.0. The fourth-order valence-electron chi connectivity index (χ4n) is 1.78. The molecule has 0 saturated heterocycles. The largest absolute Gasteiger partial charge is 0.496 e. The van der Waals surface area contributed by atoms with Crippen LogP contribution in [0.4, 0.5) is 0 Å². The molecule has 0 heterocycles. The van der Waals surface area contributed by atoms with Crippen molar-refractivity contribution in [3.8, 4) is 5.75 Å². The number of guanidine groups is 1. The number of ether oxygens (including phenoxy) is 1. The van der Waals surface area contributed by atoms with E-state index in [4.69, 9.17) is 4.74 Å². The van der Waals surface area contributed by atoms with Gasteiger partial charge in [-0.25, -0.2) is 4.99 Å². The summed E-state index contributed by atoms with van der Waals surface area (Å²) in [6, 6.07) is 8.02. The number of para-hydroxylation sites is 1. The van der Waals surface area contributed by atoms with Crippen LogP contribution in [0.5, 0.6) is 5.75 Å². The molecule has 0 aliphatic carbocycles. The number of rotatable bonds is 6. The number of hydrogen-bond donors (Lipinski definition) is 1. The van der Waals surface area contributed by atoms with Gasteiger partial charge in [0.1, 0.15) is 5.75 Å². The Bertz CT molecular complexity index is 435. The van der Waals surface area contributed by atoms with Crippen molar-refractivity contribution >= 4 is 29.9 Å². The second-order valence-electron chi connectivity index (χ2n) is 4.15. The van der Waals surface area contributed by atoms with Crippen LogP contribution < -0.4 is 10.1 Å². The van der Waals surface area contributed by atoms with Gasteiger partial charge in [0.05, 0.1) is 13.7 Å². The van der Waals surface area contributed by atoms with E-state index < -0.39 is 0 Å². The van der Waals surface area contributed by atoms with Crippen LogP contribution in [0.3, 0.4) is 0 Å². The van der Waals surface area contributed by atoms with Crippen LogP contribution in [0.1, 0.15) is 12.5 Å². The van der Waals surface area contributed by atoms with Gasteiger partial charge in [-0.3, -0.25) is 0 Å². The maximum atomic E-state index is 5.36. The summed E-state index contributed by atoms with van der Waals surface area (Å²) >= 11 is 0. The minimum absolute atomic E-state index is 0. The van der Waals surface area contributed by atoms with Gasteiger partial charge >= 0.3 is 0 Å². The number of aliphatic imine (C=N–C) groups is 1. The Hall–Kier alpha value is -1.24. The van der Waals surface area contributed by atoms with Crippen molar-refractivity contribution in [1.82, 2.24) is 10.2 Å². The summed E-state index contributed by atoms with van der Waals surface area (Å²) in [5.74, 6) is 1.77. The third-order valence-corrected chi connectivity index (χ3v) is 2.67. The Balaban J connectivity index is 0.00000361. The van der Waals surface area contributed by atoms with Crippen molar-refractivity contribution in [3.05, 3.63) is 42.5 Å². The molecule has 1 aromatic rings. The topological polar surface area (TPSA) is 36.9 Å². The second-order valence-corrected chi connectivity index (χ2v) is 4.15. The molecule has 0 fully saturated rings. The zero-order chi connectivity index (χ0) is 14.1. The highest BCUT2D eigenvalue weighted by Crippen LogP contribution is 2.18. The van der Waals surface area contributed by atoms with Crippen molar-refractivity contribution in [2.75, 3.05) is 27.2 Å². The first-order chi connectivity index (χ1) is 9.22. The van der Waals surface area contributed by atoms with Crippen LogP contribution in [0, 0.1) is 0 Å². The average molecular weight is 389 g/mol. The van der Waals surface area contributed by atoms with Crippen molar-refractivity contribution in [1.29, 1.82) is 0 Å². The van der Waals surface area contributed by atoms with E-state index in [1.165, 1.54) is 0 Å². The highest BCUT2D eigenvalue weighted by Gasteiger charge is 2.09. The summed E-state index contributed by atoms with van der Waals surface area (Å²) < 4.78 is 5.36. The van der Waals surface area contributed by atoms with Crippen LogP contribution >= 0.6 is 24.0 Å². The predicted octanol–water partition coefficient (Wildman–Crippen LogP) is 2.90. The van der Waals surface area contributed by atoms with Gasteiger partial charge in [0.2, 0.25) is 0 Å². The maximum Gasteiger partial charge on any atom is 0.194 e. The first-order valence-electron chi connectivity index (χ1n) is 6.45. The summed E-state index contributed by atoms with van der Waals surface area (Å²) in [7, 11) is 3.70. The van der Waals surface area contributed by atoms with E-state index in [1.54, 1.807) is 13.2 Å². The lowest BCUT2D eigenvalue weighted by molar-refractivity contribution is 0.396. The van der Waals surface area contributed by atoms with Crippen molar-refractivity contribution in [3.63, 3.8) is 0 Å². The third kappa shape index (κ3) is 5.81. The fourth-order valence-corrected chi connectivity index (χ4v) is 1.78. The van der Waals surface area contributed by atoms with E-state index in [1.807, 2.05) is 25.2 Å². The molecule has 0 unspecified atom stereocenters. The summed E-state index contributed by atoms with van der Waals surface area (Å²) in [6.07, 6.45) is 1.79. The predicted molar refractivity (Wildman–Crippen MR) is 96.1 cm³/mol. The summed E-state index contributed by atoms with van der Waals surface area (Å²) in [4.78, 5) is 6.53. The van der Waals surface area contributed by atoms with Crippen LogP contribution in [0.2, 0.25) is 0 Å². The fraction of sp³-hybridized carbons (Fsp3) is 0.400. The smallest absolute Gasteiger partial charge is 0.194 e. The minimum Gasteiger partial charge on any atom is -0.496 e. The lowest BCUT2D eigenvalue weighted by atomic mass is 10.2. The molecule has 0 radical (unpaired) electrons. The molecule has 0 atom stereocenters. The zero-order valence-corrected chi connectivity index (χ0v) is 14.8. The number of hydrogen-bond acceptors (Lipinski definition) is 2. The summed E-state index contributed by atoms with van der Waals surface area (Å²) in [5, 5.41) is 3.26. The molecule has 5 heteroatoms. The molecule has 0 saturated carbocycles. The lowest BCUT2D eigenvalue weighted by Gasteiger charge is -2.22. The number of benzene rings is 1. The van der Waals surface area contributed by atoms with Crippen LogP contribution in [-0.4, -0.2) is 38.1 Å². The molecule has 4 nitrogen and oxygen atoms in total. The van der Waals surface area contributed by atoms with Gasteiger partial charge in [-0.2, -0.15) is 0 Å². The molecule has 0 spiro atoms. The molecule has 0 aliphatic rings. The van der Waals surface area contributed by atoms with Gasteiger partial charge in [0.25, 0.3) is 0 Å². The van der Waals surface area contributed by atoms with E-state index in [9.17, 15) is 0 Å². The van der Waals surface area contributed by atoms with E-state index in [0.717, 1.165) is 30.4 Å². The molecule has 1 N–H and O–H groups in total. The summed E-state index contributed by atoms with van der Waals surface area (Å²) in [5.41, 5.74) is 1.14. The average Bonchev–Trinajstić information content (AvgIpc) is 2.44. The van der Waals surface area contributed by atoms with Gasteiger partial charge in [0.15, 0.2) is 5.96 Å². The first-order valence-corrected chi connectivity index (χ1v) is 6.45. The number of nitrogens with zero attached hydrogens (tertiary/aromatic N) is 2. The number of methoxy groups -OCH3 is 1. The molecule has 0 aliphatic heterocycles. The zero-order valence-electron chi connectivity index (χ0n) is 12.4. The molecule has 1 aromatic carbocycles. The normalized spacial score (nSPS) is 10.4. The molecule has 112 valence electrons. The Morgan fingerprint density at radius 1 is 1.45 bits per heavy atom. The summed E-state index contributed by atoms with van der Waals surface area (Å²) in [6.45, 7) is 7.94. The monoisotopic (exact) mass is 389 g/mol. The van der Waals surface area contributed by atoms with Gasteiger partial charge in [0, 0.05) is 25.7 Å². The van der Waals surface area contributed by atoms with Gasteiger partial charge in [-0.05, 0) is 13.0 Å². The SMILES string of the molecule is C=CCN=C(NCC)N(C)Cc1ccccc1OC.I.